The maximum atomic E-state index is 12.0. The lowest BCUT2D eigenvalue weighted by Crippen LogP contribution is -2.49. The number of hydrogen-bond donors (Lipinski definition) is 0. The molecule has 1 rings (SSSR count). The second-order valence-electron chi connectivity index (χ2n) is 6.90. The molecule has 1 aliphatic rings. The van der Waals surface area contributed by atoms with Crippen LogP contribution in [-0.2, 0) is 9.59 Å². The molecule has 21 heavy (non-hydrogen) atoms. The van der Waals surface area contributed by atoms with Crippen molar-refractivity contribution in [3.05, 3.63) is 0 Å². The summed E-state index contributed by atoms with van der Waals surface area (Å²) in [6.45, 7) is 12.8. The second kappa shape index (κ2) is 9.19. The van der Waals surface area contributed by atoms with Gasteiger partial charge in [0.15, 0.2) is 0 Å². The molecule has 1 amide bonds. The fraction of sp³-hybridized carbons (Fsp3) is 0.882. The van der Waals surface area contributed by atoms with Crippen LogP contribution in [0.3, 0.4) is 0 Å². The zero-order valence-electron chi connectivity index (χ0n) is 14.2. The van der Waals surface area contributed by atoms with Gasteiger partial charge in [-0.05, 0) is 25.3 Å². The lowest BCUT2D eigenvalue weighted by molar-refractivity contribution is -0.133. The van der Waals surface area contributed by atoms with Gasteiger partial charge in [-0.25, -0.2) is 0 Å². The molecule has 0 bridgehead atoms. The summed E-state index contributed by atoms with van der Waals surface area (Å²) >= 11 is 0. The Labute approximate surface area is 129 Å². The van der Waals surface area contributed by atoms with Gasteiger partial charge >= 0.3 is 0 Å². The van der Waals surface area contributed by atoms with Gasteiger partial charge in [-0.3, -0.25) is 14.5 Å². The van der Waals surface area contributed by atoms with Crippen molar-refractivity contribution >= 4 is 11.7 Å². The van der Waals surface area contributed by atoms with E-state index in [2.05, 4.69) is 18.7 Å². The number of hydrogen-bond acceptors (Lipinski definition) is 3. The fourth-order valence-corrected chi connectivity index (χ4v) is 2.62. The Kier molecular flexibility index (Phi) is 7.94. The normalized spacial score (nSPS) is 16.8. The Bertz CT molecular complexity index is 332. The lowest BCUT2D eigenvalue weighted by Gasteiger charge is -2.35. The highest BCUT2D eigenvalue weighted by Crippen LogP contribution is 2.10. The largest absolute Gasteiger partial charge is 0.340 e. The highest BCUT2D eigenvalue weighted by molar-refractivity contribution is 5.80. The number of Topliss-reactive ketones (excluding diaryl/α,β-unsaturated/α-hetero) is 1. The Balaban J connectivity index is 2.13. The van der Waals surface area contributed by atoms with E-state index in [0.29, 0.717) is 30.4 Å². The van der Waals surface area contributed by atoms with Gasteiger partial charge in [0.2, 0.25) is 5.91 Å². The predicted octanol–water partition coefficient (Wildman–Crippen LogP) is 2.57. The lowest BCUT2D eigenvalue weighted by atomic mass is 10.0. The molecule has 1 aliphatic heterocycles. The van der Waals surface area contributed by atoms with Crippen LogP contribution in [0.5, 0.6) is 0 Å². The van der Waals surface area contributed by atoms with E-state index < -0.39 is 0 Å². The molecular weight excluding hydrogens is 264 g/mol. The van der Waals surface area contributed by atoms with Crippen LogP contribution in [0.1, 0.15) is 53.4 Å². The van der Waals surface area contributed by atoms with Gasteiger partial charge in [-0.2, -0.15) is 0 Å². The first-order chi connectivity index (χ1) is 9.90. The summed E-state index contributed by atoms with van der Waals surface area (Å²) in [5.74, 6) is 1.28. The summed E-state index contributed by atoms with van der Waals surface area (Å²) < 4.78 is 0. The first kappa shape index (κ1) is 18.1. The van der Waals surface area contributed by atoms with Crippen molar-refractivity contribution in [3.8, 4) is 0 Å². The van der Waals surface area contributed by atoms with Gasteiger partial charge in [0.05, 0.1) is 0 Å². The molecule has 0 aromatic carbocycles. The summed E-state index contributed by atoms with van der Waals surface area (Å²) in [7, 11) is 0. The maximum Gasteiger partial charge on any atom is 0.222 e. The molecule has 0 aromatic heterocycles. The topological polar surface area (TPSA) is 40.6 Å². The average Bonchev–Trinajstić information content (AvgIpc) is 2.43. The quantitative estimate of drug-likeness (QED) is 0.646. The van der Waals surface area contributed by atoms with Gasteiger partial charge in [-0.15, -0.1) is 0 Å². The highest BCUT2D eigenvalue weighted by Gasteiger charge is 2.21. The number of carbonyl (C=O) groups is 2. The molecule has 0 aliphatic carbocycles. The zero-order valence-corrected chi connectivity index (χ0v) is 14.2. The van der Waals surface area contributed by atoms with Crippen LogP contribution in [0.4, 0.5) is 0 Å². The molecule has 0 N–H and O–H groups in total. The van der Waals surface area contributed by atoms with E-state index in [1.165, 1.54) is 0 Å². The number of amides is 1. The first-order valence-corrected chi connectivity index (χ1v) is 8.43. The van der Waals surface area contributed by atoms with Crippen LogP contribution < -0.4 is 0 Å². The molecular formula is C17H32N2O2. The second-order valence-corrected chi connectivity index (χ2v) is 6.90. The third kappa shape index (κ3) is 7.07. The molecule has 0 aromatic rings. The van der Waals surface area contributed by atoms with E-state index in [9.17, 15) is 9.59 Å². The molecule has 4 heteroatoms. The minimum Gasteiger partial charge on any atom is -0.340 e. The van der Waals surface area contributed by atoms with E-state index in [1.807, 2.05) is 18.7 Å². The van der Waals surface area contributed by atoms with Crippen molar-refractivity contribution in [2.45, 2.75) is 53.4 Å². The number of carbonyl (C=O) groups excluding carboxylic acids is 2. The highest BCUT2D eigenvalue weighted by atomic mass is 16.2. The summed E-state index contributed by atoms with van der Waals surface area (Å²) in [6, 6.07) is 0. The Morgan fingerprint density at radius 2 is 1.57 bits per heavy atom. The molecule has 0 saturated carbocycles. The van der Waals surface area contributed by atoms with Crippen molar-refractivity contribution in [3.63, 3.8) is 0 Å². The van der Waals surface area contributed by atoms with Crippen LogP contribution in [-0.4, -0.2) is 54.2 Å². The molecule has 1 fully saturated rings. The van der Waals surface area contributed by atoms with Crippen LogP contribution in [0.2, 0.25) is 0 Å². The van der Waals surface area contributed by atoms with Gasteiger partial charge < -0.3 is 4.90 Å². The average molecular weight is 296 g/mol. The smallest absolute Gasteiger partial charge is 0.222 e. The van der Waals surface area contributed by atoms with Crippen molar-refractivity contribution < 1.29 is 9.59 Å². The van der Waals surface area contributed by atoms with Crippen molar-refractivity contribution in [2.75, 3.05) is 32.7 Å². The Hall–Kier alpha value is -0.900. The molecule has 0 atom stereocenters. The number of unbranched alkanes of at least 4 members (excludes halogenated alkanes) is 1. The SMILES string of the molecule is CC(C)CC(=O)N1CCN(CCCCC(=O)C(C)C)CC1. The Morgan fingerprint density at radius 3 is 2.10 bits per heavy atom. The minimum atomic E-state index is 0.167. The number of nitrogens with zero attached hydrogens (tertiary/aromatic N) is 2. The number of piperazine rings is 1. The zero-order chi connectivity index (χ0) is 15.8. The van der Waals surface area contributed by atoms with E-state index in [4.69, 9.17) is 0 Å². The summed E-state index contributed by atoms with van der Waals surface area (Å²) in [5.41, 5.74) is 0. The van der Waals surface area contributed by atoms with Crippen molar-refractivity contribution in [1.82, 2.24) is 9.80 Å². The van der Waals surface area contributed by atoms with E-state index in [1.54, 1.807) is 0 Å². The molecule has 1 saturated heterocycles. The fourth-order valence-electron chi connectivity index (χ4n) is 2.62. The van der Waals surface area contributed by atoms with Crippen LogP contribution in [0.15, 0.2) is 0 Å². The summed E-state index contributed by atoms with van der Waals surface area (Å²) in [4.78, 5) is 27.9. The molecule has 0 radical (unpaired) electrons. The maximum absolute atomic E-state index is 12.0. The molecule has 0 spiro atoms. The van der Waals surface area contributed by atoms with Crippen molar-refractivity contribution in [1.29, 1.82) is 0 Å². The molecule has 4 nitrogen and oxygen atoms in total. The van der Waals surface area contributed by atoms with E-state index >= 15 is 0 Å². The standard InChI is InChI=1S/C17H32N2O2/c1-14(2)13-17(21)19-11-9-18(10-12-19)8-6-5-7-16(20)15(3)4/h14-15H,5-13H2,1-4H3. The molecule has 0 unspecified atom stereocenters. The third-order valence-corrected chi connectivity index (χ3v) is 4.10. The Morgan fingerprint density at radius 1 is 0.952 bits per heavy atom. The molecule has 122 valence electrons. The van der Waals surface area contributed by atoms with Gasteiger partial charge in [0.1, 0.15) is 5.78 Å². The van der Waals surface area contributed by atoms with Crippen molar-refractivity contribution in [2.24, 2.45) is 11.8 Å². The first-order valence-electron chi connectivity index (χ1n) is 8.43. The predicted molar refractivity (Wildman–Crippen MR) is 86.2 cm³/mol. The summed E-state index contributed by atoms with van der Waals surface area (Å²) in [5, 5.41) is 0. The molecule has 1 heterocycles. The van der Waals surface area contributed by atoms with Gasteiger partial charge in [0, 0.05) is 44.9 Å². The van der Waals surface area contributed by atoms with Crippen LogP contribution >= 0.6 is 0 Å². The van der Waals surface area contributed by atoms with Gasteiger partial charge in [-0.1, -0.05) is 27.7 Å². The van der Waals surface area contributed by atoms with E-state index in [-0.39, 0.29) is 5.92 Å². The van der Waals surface area contributed by atoms with Gasteiger partial charge in [0.25, 0.3) is 0 Å². The third-order valence-electron chi connectivity index (χ3n) is 4.10. The van der Waals surface area contributed by atoms with E-state index in [0.717, 1.165) is 45.6 Å². The summed E-state index contributed by atoms with van der Waals surface area (Å²) in [6.07, 6.45) is 3.45. The van der Waals surface area contributed by atoms with Crippen LogP contribution in [0, 0.1) is 11.8 Å². The number of rotatable bonds is 8. The number of ketones is 1. The monoisotopic (exact) mass is 296 g/mol. The minimum absolute atomic E-state index is 0.167. The van der Waals surface area contributed by atoms with Crippen LogP contribution in [0.25, 0.3) is 0 Å².